The molecule has 30 heavy (non-hydrogen) atoms. The molecule has 0 radical (unpaired) electrons. The van der Waals surface area contributed by atoms with Gasteiger partial charge in [0.15, 0.2) is 23.0 Å². The Kier molecular flexibility index (Phi) is 5.79. The maximum atomic E-state index is 6.10. The number of benzene rings is 1. The highest BCUT2D eigenvalue weighted by Gasteiger charge is 2.23. The van der Waals surface area contributed by atoms with Crippen LogP contribution in [-0.2, 0) is 9.47 Å². The maximum absolute atomic E-state index is 6.10. The average Bonchev–Trinajstić information content (AvgIpc) is 3.29. The number of methoxy groups -OCH3 is 3. The zero-order chi connectivity index (χ0) is 20.9. The van der Waals surface area contributed by atoms with Crippen molar-refractivity contribution in [3.63, 3.8) is 0 Å². The summed E-state index contributed by atoms with van der Waals surface area (Å²) in [6, 6.07) is 3.59. The van der Waals surface area contributed by atoms with Crippen molar-refractivity contribution in [2.45, 2.75) is 19.3 Å². The van der Waals surface area contributed by atoms with Crippen LogP contribution >= 0.6 is 0 Å². The van der Waals surface area contributed by atoms with Crippen molar-refractivity contribution in [2.75, 3.05) is 21.3 Å². The van der Waals surface area contributed by atoms with Crippen molar-refractivity contribution in [3.05, 3.63) is 66.0 Å². The fourth-order valence-electron chi connectivity index (χ4n) is 3.42. The smallest absolute Gasteiger partial charge is 0.203 e. The van der Waals surface area contributed by atoms with E-state index in [9.17, 15) is 0 Å². The molecule has 0 fully saturated rings. The van der Waals surface area contributed by atoms with Gasteiger partial charge in [-0.1, -0.05) is 29.0 Å². The number of hydrogen-bond acceptors (Lipinski definition) is 7. The normalized spacial score (nSPS) is 15.4. The predicted octanol–water partition coefficient (Wildman–Crippen LogP) is 5.22. The molecule has 1 aliphatic carbocycles. The van der Waals surface area contributed by atoms with E-state index in [1.807, 2.05) is 0 Å². The van der Waals surface area contributed by atoms with Crippen molar-refractivity contribution in [2.24, 2.45) is 0 Å². The molecule has 7 nitrogen and oxygen atoms in total. The average molecular weight is 409 g/mol. The monoisotopic (exact) mass is 409 g/mol. The van der Waals surface area contributed by atoms with E-state index in [1.54, 1.807) is 45.9 Å². The minimum Gasteiger partial charge on any atom is -0.493 e. The molecule has 0 atom stereocenters. The molecule has 0 spiro atoms. The first-order valence-corrected chi connectivity index (χ1v) is 9.56. The van der Waals surface area contributed by atoms with E-state index in [-0.39, 0.29) is 0 Å². The molecule has 7 heteroatoms. The topological polar surface area (TPSA) is 72.2 Å². The van der Waals surface area contributed by atoms with Gasteiger partial charge in [-0.2, -0.15) is 0 Å². The van der Waals surface area contributed by atoms with Gasteiger partial charge in [-0.3, -0.25) is 0 Å². The standard InChI is InChI=1S/C23H23NO6/c1-25-19-10-16(11-20(26-2)23(19)27-3)22-18(12-24-30-22)21-14-28-13-17(29-21)9-15-7-5-4-6-8-15/h4-5,7,10-14H,6,8-9H2,1-3H3. The van der Waals surface area contributed by atoms with Gasteiger partial charge < -0.3 is 28.2 Å². The summed E-state index contributed by atoms with van der Waals surface area (Å²) in [5.74, 6) is 3.28. The highest BCUT2D eigenvalue weighted by Crippen LogP contribution is 2.43. The lowest BCUT2D eigenvalue weighted by Gasteiger charge is -2.18. The highest BCUT2D eigenvalue weighted by molar-refractivity contribution is 5.77. The predicted molar refractivity (Wildman–Crippen MR) is 111 cm³/mol. The van der Waals surface area contributed by atoms with E-state index < -0.39 is 0 Å². The number of aromatic nitrogens is 1. The van der Waals surface area contributed by atoms with E-state index in [0.29, 0.717) is 46.3 Å². The third-order valence-electron chi connectivity index (χ3n) is 4.88. The van der Waals surface area contributed by atoms with E-state index in [4.69, 9.17) is 28.2 Å². The van der Waals surface area contributed by atoms with Gasteiger partial charge in [-0.05, 0) is 25.0 Å². The molecule has 0 saturated carbocycles. The van der Waals surface area contributed by atoms with Gasteiger partial charge in [0.1, 0.15) is 18.3 Å². The molecular formula is C23H23NO6. The zero-order valence-electron chi connectivity index (χ0n) is 17.1. The van der Waals surface area contributed by atoms with Gasteiger partial charge in [0, 0.05) is 12.0 Å². The number of hydrogen-bond donors (Lipinski definition) is 0. The number of ether oxygens (including phenoxy) is 5. The second kappa shape index (κ2) is 8.82. The van der Waals surface area contributed by atoms with Crippen LogP contribution in [0.4, 0.5) is 0 Å². The summed E-state index contributed by atoms with van der Waals surface area (Å²) < 4.78 is 33.5. The Morgan fingerprint density at radius 1 is 1.03 bits per heavy atom. The zero-order valence-corrected chi connectivity index (χ0v) is 17.1. The Labute approximate surface area is 174 Å². The van der Waals surface area contributed by atoms with Gasteiger partial charge >= 0.3 is 0 Å². The summed E-state index contributed by atoms with van der Waals surface area (Å²) >= 11 is 0. The molecule has 2 heterocycles. The van der Waals surface area contributed by atoms with Crippen molar-refractivity contribution in [1.29, 1.82) is 0 Å². The summed E-state index contributed by atoms with van der Waals surface area (Å²) in [6.07, 6.45) is 13.8. The lowest BCUT2D eigenvalue weighted by Crippen LogP contribution is -2.02. The van der Waals surface area contributed by atoms with Crippen molar-refractivity contribution < 1.29 is 28.2 Å². The van der Waals surface area contributed by atoms with Gasteiger partial charge in [0.05, 0.1) is 33.1 Å². The van der Waals surface area contributed by atoms with E-state index >= 15 is 0 Å². The Morgan fingerprint density at radius 2 is 1.83 bits per heavy atom. The van der Waals surface area contributed by atoms with Gasteiger partial charge in [0.25, 0.3) is 0 Å². The van der Waals surface area contributed by atoms with Crippen LogP contribution < -0.4 is 14.2 Å². The SMILES string of the molecule is COc1cc(-c2oncc2C2=COC=C(CC3=CC=CCC3)O2)cc(OC)c1OC. The molecule has 156 valence electrons. The van der Waals surface area contributed by atoms with Crippen molar-refractivity contribution in [3.8, 4) is 28.6 Å². The number of nitrogens with zero attached hydrogens (tertiary/aromatic N) is 1. The van der Waals surface area contributed by atoms with Crippen LogP contribution in [0.5, 0.6) is 17.2 Å². The van der Waals surface area contributed by atoms with Crippen LogP contribution in [0.2, 0.25) is 0 Å². The second-order valence-corrected chi connectivity index (χ2v) is 6.76. The van der Waals surface area contributed by atoms with Gasteiger partial charge in [-0.25, -0.2) is 0 Å². The van der Waals surface area contributed by atoms with Crippen molar-refractivity contribution >= 4 is 5.76 Å². The largest absolute Gasteiger partial charge is 0.493 e. The second-order valence-electron chi connectivity index (χ2n) is 6.76. The van der Waals surface area contributed by atoms with Gasteiger partial charge in [0.2, 0.25) is 5.75 Å². The molecule has 0 saturated heterocycles. The minimum absolute atomic E-state index is 0.501. The third kappa shape index (κ3) is 3.91. The molecule has 1 aromatic carbocycles. The Balaban J connectivity index is 1.62. The molecule has 2 aliphatic rings. The molecule has 1 aliphatic heterocycles. The van der Waals surface area contributed by atoms with Crippen LogP contribution in [0.15, 0.2) is 64.9 Å². The Morgan fingerprint density at radius 3 is 2.50 bits per heavy atom. The third-order valence-corrected chi connectivity index (χ3v) is 4.88. The van der Waals surface area contributed by atoms with Gasteiger partial charge in [-0.15, -0.1) is 0 Å². The molecule has 0 bridgehead atoms. The molecular weight excluding hydrogens is 386 g/mol. The summed E-state index contributed by atoms with van der Waals surface area (Å²) in [5.41, 5.74) is 2.66. The minimum atomic E-state index is 0.501. The maximum Gasteiger partial charge on any atom is 0.203 e. The Bertz CT molecular complexity index is 1020. The molecule has 0 amide bonds. The van der Waals surface area contributed by atoms with E-state index in [1.165, 1.54) is 11.8 Å². The molecule has 1 aromatic heterocycles. The first kappa shape index (κ1) is 19.7. The quantitative estimate of drug-likeness (QED) is 0.621. The van der Waals surface area contributed by atoms with Crippen LogP contribution in [0.1, 0.15) is 24.8 Å². The molecule has 0 unspecified atom stereocenters. The van der Waals surface area contributed by atoms with E-state index in [0.717, 1.165) is 18.6 Å². The van der Waals surface area contributed by atoms with Crippen LogP contribution in [0, 0.1) is 0 Å². The summed E-state index contributed by atoms with van der Waals surface area (Å²) in [5, 5.41) is 3.96. The van der Waals surface area contributed by atoms with Crippen LogP contribution in [-0.4, -0.2) is 26.5 Å². The fraction of sp³-hybridized carbons (Fsp3) is 0.261. The molecule has 4 rings (SSSR count). The van der Waals surface area contributed by atoms with Crippen LogP contribution in [0.25, 0.3) is 17.1 Å². The Hall–Kier alpha value is -3.61. The summed E-state index contributed by atoms with van der Waals surface area (Å²) in [4.78, 5) is 0. The first-order chi connectivity index (χ1) is 14.7. The molecule has 0 N–H and O–H groups in total. The summed E-state index contributed by atoms with van der Waals surface area (Å²) in [6.45, 7) is 0. The fourth-order valence-corrected chi connectivity index (χ4v) is 3.42. The number of rotatable bonds is 7. The lowest BCUT2D eigenvalue weighted by atomic mass is 10.0. The molecule has 2 aromatic rings. The van der Waals surface area contributed by atoms with E-state index in [2.05, 4.69) is 23.4 Å². The van der Waals surface area contributed by atoms with Crippen molar-refractivity contribution in [1.82, 2.24) is 5.16 Å². The van der Waals surface area contributed by atoms with Crippen LogP contribution in [0.3, 0.4) is 0 Å². The highest BCUT2D eigenvalue weighted by atomic mass is 16.5. The summed E-state index contributed by atoms with van der Waals surface area (Å²) in [7, 11) is 4.69. The lowest BCUT2D eigenvalue weighted by molar-refractivity contribution is 0.273. The number of allylic oxidation sites excluding steroid dienone is 4. The first-order valence-electron chi connectivity index (χ1n) is 9.56.